The second-order valence-corrected chi connectivity index (χ2v) is 9.16. The van der Waals surface area contributed by atoms with E-state index in [9.17, 15) is 14.4 Å². The highest BCUT2D eigenvalue weighted by molar-refractivity contribution is 6.00. The van der Waals surface area contributed by atoms with Crippen molar-refractivity contribution < 1.29 is 14.3 Å². The molecule has 35 heavy (non-hydrogen) atoms. The lowest BCUT2D eigenvalue weighted by Gasteiger charge is -2.34. The molecule has 2 amide bonds. The Labute approximate surface area is 203 Å². The number of carbonyl (C=O) groups excluding carboxylic acids is 2. The number of para-hydroxylation sites is 1. The minimum atomic E-state index is -0.254. The summed E-state index contributed by atoms with van der Waals surface area (Å²) in [6, 6.07) is 9.18. The van der Waals surface area contributed by atoms with Crippen LogP contribution in [0.1, 0.15) is 23.2 Å². The molecule has 0 spiro atoms. The Kier molecular flexibility index (Phi) is 6.65. The average Bonchev–Trinajstić information content (AvgIpc) is 3.51. The molecule has 1 aromatic carbocycles. The van der Waals surface area contributed by atoms with Crippen molar-refractivity contribution in [3.8, 4) is 16.9 Å². The minimum Gasteiger partial charge on any atom is -0.376 e. The van der Waals surface area contributed by atoms with E-state index in [0.29, 0.717) is 61.8 Å². The lowest BCUT2D eigenvalue weighted by atomic mass is 10.1. The highest BCUT2D eigenvalue weighted by Crippen LogP contribution is 2.23. The smallest absolute Gasteiger partial charge is 0.282 e. The number of pyridine rings is 1. The van der Waals surface area contributed by atoms with Gasteiger partial charge in [0, 0.05) is 58.8 Å². The van der Waals surface area contributed by atoms with E-state index in [1.54, 1.807) is 28.9 Å². The Morgan fingerprint density at radius 2 is 1.89 bits per heavy atom. The summed E-state index contributed by atoms with van der Waals surface area (Å²) in [4.78, 5) is 42.6. The summed E-state index contributed by atoms with van der Waals surface area (Å²) in [5, 5.41) is 7.47. The number of nitrogens with one attached hydrogen (secondary N) is 1. The molecular weight excluding hydrogens is 448 g/mol. The second kappa shape index (κ2) is 10.0. The van der Waals surface area contributed by atoms with Gasteiger partial charge in [-0.1, -0.05) is 18.2 Å². The van der Waals surface area contributed by atoms with E-state index in [4.69, 9.17) is 4.74 Å². The molecule has 4 heterocycles. The van der Waals surface area contributed by atoms with Crippen molar-refractivity contribution in [1.82, 2.24) is 29.5 Å². The third-order valence-electron chi connectivity index (χ3n) is 6.61. The van der Waals surface area contributed by atoms with Crippen LogP contribution in [-0.2, 0) is 16.6 Å². The van der Waals surface area contributed by atoms with Crippen molar-refractivity contribution in [3.63, 3.8) is 0 Å². The fraction of sp³-hybridized carbons (Fsp3) is 0.440. The Morgan fingerprint density at radius 3 is 2.60 bits per heavy atom. The molecule has 1 aromatic rings. The third kappa shape index (κ3) is 4.98. The van der Waals surface area contributed by atoms with Crippen LogP contribution >= 0.6 is 0 Å². The first-order chi connectivity index (χ1) is 17.0. The average molecular weight is 479 g/mol. The quantitative estimate of drug-likeness (QED) is 0.561. The van der Waals surface area contributed by atoms with E-state index >= 15 is 0 Å². The van der Waals surface area contributed by atoms with Crippen LogP contribution in [-0.4, -0.2) is 87.9 Å². The molecule has 10 heteroatoms. The highest BCUT2D eigenvalue weighted by Gasteiger charge is 2.29. The fourth-order valence-electron chi connectivity index (χ4n) is 4.71. The van der Waals surface area contributed by atoms with E-state index in [2.05, 4.69) is 15.3 Å². The first-order valence-electron chi connectivity index (χ1n) is 12.0. The number of carbonyl (C=O) groups is 2. The Morgan fingerprint density at radius 1 is 1.11 bits per heavy atom. The summed E-state index contributed by atoms with van der Waals surface area (Å²) < 4.78 is 8.61. The van der Waals surface area contributed by atoms with Gasteiger partial charge in [0.1, 0.15) is 5.69 Å². The molecular formula is C25H30N6O4. The summed E-state index contributed by atoms with van der Waals surface area (Å²) in [7, 11) is 1.79. The Hall–Kier alpha value is -3.50. The van der Waals surface area contributed by atoms with E-state index in [-0.39, 0.29) is 23.5 Å². The molecule has 0 aromatic heterocycles. The van der Waals surface area contributed by atoms with E-state index in [0.717, 1.165) is 19.4 Å². The summed E-state index contributed by atoms with van der Waals surface area (Å²) in [5.74, 6) is -0.183. The van der Waals surface area contributed by atoms with Crippen LogP contribution in [0.25, 0.3) is 16.9 Å². The molecule has 1 atom stereocenters. The van der Waals surface area contributed by atoms with Gasteiger partial charge in [-0.15, -0.1) is 0 Å². The lowest BCUT2D eigenvalue weighted by Crippen LogP contribution is -2.51. The maximum absolute atomic E-state index is 13.5. The predicted octanol–water partition coefficient (Wildman–Crippen LogP) is 0.729. The topological polar surface area (TPSA) is 102 Å². The van der Waals surface area contributed by atoms with Gasteiger partial charge in [-0.05, 0) is 25.0 Å². The van der Waals surface area contributed by atoms with E-state index in [1.807, 2.05) is 30.3 Å². The van der Waals surface area contributed by atoms with Crippen molar-refractivity contribution in [2.24, 2.45) is 7.05 Å². The third-order valence-corrected chi connectivity index (χ3v) is 6.61. The zero-order chi connectivity index (χ0) is 24.4. The number of aromatic nitrogens is 3. The number of aryl methyl sites for hydroxylation is 1. The van der Waals surface area contributed by atoms with Crippen LogP contribution < -0.4 is 10.9 Å². The van der Waals surface area contributed by atoms with Gasteiger partial charge in [0.2, 0.25) is 5.91 Å². The summed E-state index contributed by atoms with van der Waals surface area (Å²) >= 11 is 0. The number of ether oxygens (including phenoxy) is 1. The molecule has 1 unspecified atom stereocenters. The zero-order valence-electron chi connectivity index (χ0n) is 19.9. The van der Waals surface area contributed by atoms with Gasteiger partial charge in [-0.3, -0.25) is 19.3 Å². The predicted molar refractivity (Wildman–Crippen MR) is 130 cm³/mol. The largest absolute Gasteiger partial charge is 0.376 e. The fourth-order valence-corrected chi connectivity index (χ4v) is 4.71. The van der Waals surface area contributed by atoms with Crippen molar-refractivity contribution in [2.75, 3.05) is 45.9 Å². The van der Waals surface area contributed by atoms with Crippen LogP contribution in [0, 0.1) is 0 Å². The van der Waals surface area contributed by atoms with Crippen LogP contribution in [0.5, 0.6) is 0 Å². The molecule has 4 aliphatic rings. The second-order valence-electron chi connectivity index (χ2n) is 9.16. The summed E-state index contributed by atoms with van der Waals surface area (Å²) in [5.41, 5.74) is 1.61. The van der Waals surface area contributed by atoms with Crippen LogP contribution in [0.2, 0.25) is 0 Å². The number of amides is 2. The van der Waals surface area contributed by atoms with Crippen LogP contribution in [0.3, 0.4) is 0 Å². The van der Waals surface area contributed by atoms with Gasteiger partial charge in [0.15, 0.2) is 0 Å². The molecule has 4 aliphatic heterocycles. The molecule has 184 valence electrons. The van der Waals surface area contributed by atoms with Crippen molar-refractivity contribution in [1.29, 1.82) is 0 Å². The SMILES string of the molecule is Cn1cc(C(=O)N2CCN(CC(=O)NCC3CCCO3)CC2)c2nn(-c3ccccc3)c(=O)c-2c1. The number of benzene rings is 1. The highest BCUT2D eigenvalue weighted by atomic mass is 16.5. The number of rotatable bonds is 6. The van der Waals surface area contributed by atoms with Crippen molar-refractivity contribution in [2.45, 2.75) is 18.9 Å². The number of fused-ring (bicyclic) bond motifs is 1. The minimum absolute atomic E-state index is 0.0218. The number of piperazine rings is 1. The van der Waals surface area contributed by atoms with Crippen LogP contribution in [0.15, 0.2) is 47.5 Å². The van der Waals surface area contributed by atoms with E-state index in [1.165, 1.54) is 4.68 Å². The Balaban J connectivity index is 1.25. The monoisotopic (exact) mass is 478 g/mol. The zero-order valence-corrected chi connectivity index (χ0v) is 19.9. The van der Waals surface area contributed by atoms with Crippen molar-refractivity contribution >= 4 is 11.8 Å². The van der Waals surface area contributed by atoms with Gasteiger partial charge < -0.3 is 19.5 Å². The normalized spacial score (nSPS) is 18.8. The van der Waals surface area contributed by atoms with Crippen LogP contribution in [0.4, 0.5) is 0 Å². The molecule has 0 radical (unpaired) electrons. The summed E-state index contributed by atoms with van der Waals surface area (Å²) in [6.07, 6.45) is 5.58. The molecule has 1 N–H and O–H groups in total. The number of hydrogen-bond acceptors (Lipinski definition) is 6. The molecule has 2 fully saturated rings. The molecule has 2 saturated heterocycles. The first-order valence-corrected chi connectivity index (χ1v) is 12.0. The van der Waals surface area contributed by atoms with Gasteiger partial charge in [0.25, 0.3) is 11.5 Å². The molecule has 5 rings (SSSR count). The summed E-state index contributed by atoms with van der Waals surface area (Å²) in [6.45, 7) is 3.84. The molecule has 10 nitrogen and oxygen atoms in total. The number of hydrogen-bond donors (Lipinski definition) is 1. The maximum Gasteiger partial charge on any atom is 0.282 e. The molecule has 0 aliphatic carbocycles. The van der Waals surface area contributed by atoms with Gasteiger partial charge >= 0.3 is 0 Å². The first kappa shape index (κ1) is 23.3. The van der Waals surface area contributed by atoms with Gasteiger partial charge in [-0.2, -0.15) is 9.78 Å². The van der Waals surface area contributed by atoms with E-state index < -0.39 is 0 Å². The maximum atomic E-state index is 13.5. The van der Waals surface area contributed by atoms with Gasteiger partial charge in [-0.25, -0.2) is 0 Å². The van der Waals surface area contributed by atoms with Gasteiger partial charge in [0.05, 0.1) is 29.5 Å². The molecule has 0 saturated carbocycles. The Bertz CT molecular complexity index is 1220. The van der Waals surface area contributed by atoms with Crippen molar-refractivity contribution in [3.05, 3.63) is 58.6 Å². The number of nitrogens with zero attached hydrogens (tertiary/aromatic N) is 5. The standard InChI is InChI=1S/C25H30N6O4/c1-28-15-20(23-21(16-28)25(34)31(27-23)18-6-3-2-4-7-18)24(33)30-11-9-29(10-12-30)17-22(32)26-14-19-8-5-13-35-19/h2-4,6-7,15-16,19H,5,8-14,17H2,1H3,(H,26,32). The molecule has 0 bridgehead atoms. The lowest BCUT2D eigenvalue weighted by molar-refractivity contribution is -0.123.